The lowest BCUT2D eigenvalue weighted by atomic mass is 10.3. The Hall–Kier alpha value is -0.770. The van der Waals surface area contributed by atoms with Crippen LogP contribution in [-0.4, -0.2) is 55.6 Å². The first-order valence-electron chi connectivity index (χ1n) is 5.30. The van der Waals surface area contributed by atoms with Crippen molar-refractivity contribution in [1.29, 1.82) is 0 Å². The smallest absolute Gasteiger partial charge is 0.317 e. The molecule has 1 unspecified atom stereocenters. The van der Waals surface area contributed by atoms with E-state index in [0.29, 0.717) is 0 Å². The summed E-state index contributed by atoms with van der Waals surface area (Å²) in [7, 11) is 3.52. The third-order valence-corrected chi connectivity index (χ3v) is 2.51. The molecule has 1 aliphatic rings. The second-order valence-corrected chi connectivity index (χ2v) is 4.25. The van der Waals surface area contributed by atoms with Crippen molar-refractivity contribution in [2.45, 2.75) is 25.8 Å². The molecule has 0 aliphatic carbocycles. The van der Waals surface area contributed by atoms with Gasteiger partial charge >= 0.3 is 6.03 Å². The molecule has 82 valence electrons. The van der Waals surface area contributed by atoms with Gasteiger partial charge < -0.3 is 15.1 Å². The highest BCUT2D eigenvalue weighted by Gasteiger charge is 2.16. The van der Waals surface area contributed by atoms with Crippen molar-refractivity contribution in [1.82, 2.24) is 15.1 Å². The van der Waals surface area contributed by atoms with E-state index >= 15 is 0 Å². The van der Waals surface area contributed by atoms with Crippen molar-refractivity contribution in [3.8, 4) is 0 Å². The number of hydrogen-bond donors (Lipinski definition) is 1. The van der Waals surface area contributed by atoms with E-state index in [1.807, 2.05) is 0 Å². The van der Waals surface area contributed by atoms with E-state index in [4.69, 9.17) is 0 Å². The van der Waals surface area contributed by atoms with Gasteiger partial charge in [0.2, 0.25) is 0 Å². The maximum atomic E-state index is 11.3. The van der Waals surface area contributed by atoms with Crippen molar-refractivity contribution in [2.75, 3.05) is 33.7 Å². The lowest BCUT2D eigenvalue weighted by Gasteiger charge is -2.22. The molecular weight excluding hydrogens is 178 g/mol. The standard InChI is InChI=1S/C10H21N3O/c1-9(11-10(14)12(2)3)8-13-6-4-5-7-13/h9H,4-8H2,1-3H3,(H,11,14). The van der Waals surface area contributed by atoms with Gasteiger partial charge in [-0.15, -0.1) is 0 Å². The first-order valence-corrected chi connectivity index (χ1v) is 5.30. The molecular formula is C10H21N3O. The fourth-order valence-electron chi connectivity index (χ4n) is 1.74. The average molecular weight is 199 g/mol. The summed E-state index contributed by atoms with van der Waals surface area (Å²) in [5.41, 5.74) is 0. The Labute approximate surface area is 86.2 Å². The maximum absolute atomic E-state index is 11.3. The van der Waals surface area contributed by atoms with Gasteiger partial charge in [-0.25, -0.2) is 4.79 Å². The van der Waals surface area contributed by atoms with Crippen LogP contribution in [0.2, 0.25) is 0 Å². The molecule has 0 bridgehead atoms. The fourth-order valence-corrected chi connectivity index (χ4v) is 1.74. The minimum absolute atomic E-state index is 0.00306. The Morgan fingerprint density at radius 2 is 2.00 bits per heavy atom. The fraction of sp³-hybridized carbons (Fsp3) is 0.900. The van der Waals surface area contributed by atoms with Crippen LogP contribution in [0, 0.1) is 0 Å². The highest BCUT2D eigenvalue weighted by atomic mass is 16.2. The number of nitrogens with one attached hydrogen (secondary N) is 1. The molecule has 1 rings (SSSR count). The minimum Gasteiger partial charge on any atom is -0.334 e. The predicted octanol–water partition coefficient (Wildman–Crippen LogP) is 0.742. The Bertz CT molecular complexity index is 188. The molecule has 0 aromatic carbocycles. The van der Waals surface area contributed by atoms with E-state index < -0.39 is 0 Å². The van der Waals surface area contributed by atoms with Gasteiger partial charge in [-0.3, -0.25) is 0 Å². The maximum Gasteiger partial charge on any atom is 0.317 e. The molecule has 0 spiro atoms. The molecule has 0 aromatic heterocycles. The Morgan fingerprint density at radius 1 is 1.43 bits per heavy atom. The summed E-state index contributed by atoms with van der Waals surface area (Å²) in [6.07, 6.45) is 2.60. The molecule has 0 saturated carbocycles. The molecule has 1 saturated heterocycles. The summed E-state index contributed by atoms with van der Waals surface area (Å²) in [6, 6.07) is 0.236. The first-order chi connectivity index (χ1) is 6.59. The molecule has 1 N–H and O–H groups in total. The number of rotatable bonds is 3. The van der Waals surface area contributed by atoms with E-state index in [-0.39, 0.29) is 12.1 Å². The number of nitrogens with zero attached hydrogens (tertiary/aromatic N) is 2. The van der Waals surface area contributed by atoms with Crippen LogP contribution in [0.5, 0.6) is 0 Å². The SMILES string of the molecule is CC(CN1CCCC1)NC(=O)N(C)C. The number of carbonyl (C=O) groups is 1. The van der Waals surface area contributed by atoms with Gasteiger partial charge in [-0.05, 0) is 32.9 Å². The molecule has 0 aromatic rings. The molecule has 0 radical (unpaired) electrons. The van der Waals surface area contributed by atoms with E-state index in [2.05, 4.69) is 17.1 Å². The first kappa shape index (κ1) is 11.3. The van der Waals surface area contributed by atoms with Gasteiger partial charge in [0.1, 0.15) is 0 Å². The second kappa shape index (κ2) is 5.20. The number of hydrogen-bond acceptors (Lipinski definition) is 2. The number of amides is 2. The van der Waals surface area contributed by atoms with E-state index in [9.17, 15) is 4.79 Å². The molecule has 4 nitrogen and oxygen atoms in total. The van der Waals surface area contributed by atoms with Gasteiger partial charge in [-0.1, -0.05) is 0 Å². The van der Waals surface area contributed by atoms with Gasteiger partial charge in [0.25, 0.3) is 0 Å². The lowest BCUT2D eigenvalue weighted by molar-refractivity contribution is 0.208. The topological polar surface area (TPSA) is 35.6 Å². The van der Waals surface area contributed by atoms with E-state index in [1.54, 1.807) is 19.0 Å². The van der Waals surface area contributed by atoms with Crippen molar-refractivity contribution in [2.24, 2.45) is 0 Å². The number of carbonyl (C=O) groups excluding carboxylic acids is 1. The third-order valence-electron chi connectivity index (χ3n) is 2.51. The molecule has 4 heteroatoms. The minimum atomic E-state index is -0.00306. The third kappa shape index (κ3) is 3.54. The lowest BCUT2D eigenvalue weighted by Crippen LogP contribution is -2.45. The zero-order valence-electron chi connectivity index (χ0n) is 9.42. The van der Waals surface area contributed by atoms with Gasteiger partial charge in [0, 0.05) is 26.7 Å². The average Bonchev–Trinajstić information content (AvgIpc) is 2.56. The molecule has 1 heterocycles. The highest BCUT2D eigenvalue weighted by molar-refractivity contribution is 5.73. The largest absolute Gasteiger partial charge is 0.334 e. The van der Waals surface area contributed by atoms with Gasteiger partial charge in [0.05, 0.1) is 0 Å². The summed E-state index contributed by atoms with van der Waals surface area (Å²) >= 11 is 0. The normalized spacial score (nSPS) is 19.4. The van der Waals surface area contributed by atoms with Crippen LogP contribution >= 0.6 is 0 Å². The van der Waals surface area contributed by atoms with E-state index in [0.717, 1.165) is 6.54 Å². The van der Waals surface area contributed by atoms with Gasteiger partial charge in [-0.2, -0.15) is 0 Å². The summed E-state index contributed by atoms with van der Waals surface area (Å²) < 4.78 is 0. The molecule has 1 aliphatic heterocycles. The monoisotopic (exact) mass is 199 g/mol. The highest BCUT2D eigenvalue weighted by Crippen LogP contribution is 2.07. The predicted molar refractivity (Wildman–Crippen MR) is 57.4 cm³/mol. The Morgan fingerprint density at radius 3 is 2.50 bits per heavy atom. The van der Waals surface area contributed by atoms with Crippen LogP contribution in [0.4, 0.5) is 4.79 Å². The van der Waals surface area contributed by atoms with Crippen LogP contribution in [0.1, 0.15) is 19.8 Å². The summed E-state index contributed by atoms with van der Waals surface area (Å²) in [5, 5.41) is 2.95. The summed E-state index contributed by atoms with van der Waals surface area (Å²) in [6.45, 7) is 5.39. The van der Waals surface area contributed by atoms with Crippen molar-refractivity contribution >= 4 is 6.03 Å². The van der Waals surface area contributed by atoms with Gasteiger partial charge in [0.15, 0.2) is 0 Å². The van der Waals surface area contributed by atoms with Crippen LogP contribution in [-0.2, 0) is 0 Å². The van der Waals surface area contributed by atoms with Crippen molar-refractivity contribution in [3.63, 3.8) is 0 Å². The summed E-state index contributed by atoms with van der Waals surface area (Å²) in [5.74, 6) is 0. The number of urea groups is 1. The zero-order valence-corrected chi connectivity index (χ0v) is 9.42. The molecule has 1 atom stereocenters. The van der Waals surface area contributed by atoms with Crippen LogP contribution in [0.3, 0.4) is 0 Å². The van der Waals surface area contributed by atoms with E-state index in [1.165, 1.54) is 25.9 Å². The quantitative estimate of drug-likeness (QED) is 0.727. The Kier molecular flexibility index (Phi) is 4.20. The second-order valence-electron chi connectivity index (χ2n) is 4.25. The van der Waals surface area contributed by atoms with Crippen LogP contribution in [0.25, 0.3) is 0 Å². The van der Waals surface area contributed by atoms with Crippen LogP contribution < -0.4 is 5.32 Å². The van der Waals surface area contributed by atoms with Crippen molar-refractivity contribution in [3.05, 3.63) is 0 Å². The molecule has 14 heavy (non-hydrogen) atoms. The van der Waals surface area contributed by atoms with Crippen LogP contribution in [0.15, 0.2) is 0 Å². The Balaban J connectivity index is 2.20. The van der Waals surface area contributed by atoms with Crippen molar-refractivity contribution < 1.29 is 4.79 Å². The molecule has 2 amide bonds. The number of likely N-dealkylation sites (tertiary alicyclic amines) is 1. The zero-order chi connectivity index (χ0) is 10.6. The molecule has 1 fully saturated rings. The summed E-state index contributed by atoms with van der Waals surface area (Å²) in [4.78, 5) is 15.3.